The van der Waals surface area contributed by atoms with E-state index in [2.05, 4.69) is 12.2 Å². The predicted molar refractivity (Wildman–Crippen MR) is 87.9 cm³/mol. The Morgan fingerprint density at radius 3 is 2.62 bits per heavy atom. The van der Waals surface area contributed by atoms with E-state index in [0.717, 1.165) is 37.4 Å². The van der Waals surface area contributed by atoms with Gasteiger partial charge >= 0.3 is 0 Å². The van der Waals surface area contributed by atoms with Crippen LogP contribution < -0.4 is 10.2 Å². The summed E-state index contributed by atoms with van der Waals surface area (Å²) in [7, 11) is 3.99. The van der Waals surface area contributed by atoms with E-state index >= 15 is 0 Å². The summed E-state index contributed by atoms with van der Waals surface area (Å²) in [6, 6.07) is 7.88. The molecule has 0 atom stereocenters. The van der Waals surface area contributed by atoms with Crippen molar-refractivity contribution in [1.29, 1.82) is 0 Å². The number of carbonyl (C=O) groups excluding carboxylic acids is 1. The highest BCUT2D eigenvalue weighted by molar-refractivity contribution is 5.95. The number of carbonyl (C=O) groups is 1. The molecule has 1 aliphatic rings. The maximum absolute atomic E-state index is 12.7. The highest BCUT2D eigenvalue weighted by Crippen LogP contribution is 2.18. The maximum atomic E-state index is 12.7. The van der Waals surface area contributed by atoms with Gasteiger partial charge in [0.1, 0.15) is 0 Å². The lowest BCUT2D eigenvalue weighted by atomic mass is 9.97. The number of piperidine rings is 1. The lowest BCUT2D eigenvalue weighted by Gasteiger charge is -2.29. The summed E-state index contributed by atoms with van der Waals surface area (Å²) in [5.74, 6) is 0.784. The van der Waals surface area contributed by atoms with Gasteiger partial charge in [-0.3, -0.25) is 4.79 Å². The molecule has 1 N–H and O–H groups in total. The van der Waals surface area contributed by atoms with E-state index in [1.54, 1.807) is 0 Å². The first-order valence-corrected chi connectivity index (χ1v) is 7.89. The molecule has 1 amide bonds. The minimum atomic E-state index is 0.153. The molecule has 0 saturated carbocycles. The molecule has 0 aliphatic carbocycles. The molecule has 21 heavy (non-hydrogen) atoms. The van der Waals surface area contributed by atoms with Gasteiger partial charge in [0.2, 0.25) is 0 Å². The Bertz CT molecular complexity index is 467. The summed E-state index contributed by atoms with van der Waals surface area (Å²) < 4.78 is 0. The third-order valence-corrected chi connectivity index (χ3v) is 4.22. The van der Waals surface area contributed by atoms with Crippen molar-refractivity contribution in [2.24, 2.45) is 5.92 Å². The molecule has 1 heterocycles. The SMILES string of the molecule is CCN(CC1CCNCC1)C(=O)c1cccc(N(C)C)c1. The summed E-state index contributed by atoms with van der Waals surface area (Å²) >= 11 is 0. The van der Waals surface area contributed by atoms with Crippen LogP contribution in [0.25, 0.3) is 0 Å². The van der Waals surface area contributed by atoms with Gasteiger partial charge in [-0.25, -0.2) is 0 Å². The van der Waals surface area contributed by atoms with Crippen LogP contribution in [0.5, 0.6) is 0 Å². The fraction of sp³-hybridized carbons (Fsp3) is 0.588. The molecule has 0 spiro atoms. The van der Waals surface area contributed by atoms with Gasteiger partial charge in [0.05, 0.1) is 0 Å². The lowest BCUT2D eigenvalue weighted by Crippen LogP contribution is -2.39. The summed E-state index contributed by atoms with van der Waals surface area (Å²) in [6.07, 6.45) is 2.34. The zero-order valence-corrected chi connectivity index (χ0v) is 13.4. The third-order valence-electron chi connectivity index (χ3n) is 4.22. The van der Waals surface area contributed by atoms with Crippen molar-refractivity contribution >= 4 is 11.6 Å². The molecule has 4 heteroatoms. The molecule has 116 valence electrons. The van der Waals surface area contributed by atoms with Gasteiger partial charge in [0, 0.05) is 38.4 Å². The average molecular weight is 289 g/mol. The molecular weight excluding hydrogens is 262 g/mol. The molecular formula is C17H27N3O. The van der Waals surface area contributed by atoms with Gasteiger partial charge < -0.3 is 15.1 Å². The van der Waals surface area contributed by atoms with Crippen molar-refractivity contribution in [1.82, 2.24) is 10.2 Å². The maximum Gasteiger partial charge on any atom is 0.253 e. The Balaban J connectivity index is 2.06. The minimum Gasteiger partial charge on any atom is -0.378 e. The molecule has 1 aliphatic heterocycles. The number of benzene rings is 1. The van der Waals surface area contributed by atoms with E-state index in [-0.39, 0.29) is 5.91 Å². The molecule has 1 saturated heterocycles. The summed E-state index contributed by atoms with van der Waals surface area (Å²) in [5, 5.41) is 3.38. The molecule has 1 fully saturated rings. The van der Waals surface area contributed by atoms with Crippen LogP contribution in [-0.4, -0.2) is 51.1 Å². The fourth-order valence-corrected chi connectivity index (χ4v) is 2.83. The Labute approximate surface area is 128 Å². The second-order valence-electron chi connectivity index (χ2n) is 5.98. The highest BCUT2D eigenvalue weighted by atomic mass is 16.2. The predicted octanol–water partition coefficient (Wildman–Crippen LogP) is 2.21. The van der Waals surface area contributed by atoms with Crippen LogP contribution in [0.3, 0.4) is 0 Å². The van der Waals surface area contributed by atoms with Gasteiger partial charge in [-0.1, -0.05) is 6.07 Å². The van der Waals surface area contributed by atoms with Crippen LogP contribution in [-0.2, 0) is 0 Å². The van der Waals surface area contributed by atoms with Crippen LogP contribution in [0.15, 0.2) is 24.3 Å². The Hall–Kier alpha value is -1.55. The first-order valence-electron chi connectivity index (χ1n) is 7.89. The van der Waals surface area contributed by atoms with Crippen molar-refractivity contribution in [2.75, 3.05) is 45.2 Å². The first kappa shape index (κ1) is 15.8. The monoisotopic (exact) mass is 289 g/mol. The van der Waals surface area contributed by atoms with Crippen LogP contribution >= 0.6 is 0 Å². The zero-order chi connectivity index (χ0) is 15.2. The number of nitrogens with zero attached hydrogens (tertiary/aromatic N) is 2. The van der Waals surface area contributed by atoms with Gasteiger partial charge in [0.25, 0.3) is 5.91 Å². The van der Waals surface area contributed by atoms with Crippen molar-refractivity contribution < 1.29 is 4.79 Å². The number of nitrogens with one attached hydrogen (secondary N) is 1. The van der Waals surface area contributed by atoms with Gasteiger partial charge in [-0.2, -0.15) is 0 Å². The van der Waals surface area contributed by atoms with Crippen molar-refractivity contribution in [2.45, 2.75) is 19.8 Å². The molecule has 1 aromatic carbocycles. The smallest absolute Gasteiger partial charge is 0.253 e. The van der Waals surface area contributed by atoms with E-state index in [4.69, 9.17) is 0 Å². The van der Waals surface area contributed by atoms with Crippen LogP contribution in [0, 0.1) is 5.92 Å². The quantitative estimate of drug-likeness (QED) is 0.903. The second kappa shape index (κ2) is 7.46. The molecule has 1 aromatic rings. The van der Waals surface area contributed by atoms with Crippen molar-refractivity contribution in [3.8, 4) is 0 Å². The lowest BCUT2D eigenvalue weighted by molar-refractivity contribution is 0.0727. The number of anilines is 1. The molecule has 4 nitrogen and oxygen atoms in total. The van der Waals surface area contributed by atoms with Gasteiger partial charge in [-0.05, 0) is 57.0 Å². The Morgan fingerprint density at radius 1 is 1.29 bits per heavy atom. The van der Waals surface area contributed by atoms with E-state index < -0.39 is 0 Å². The van der Waals surface area contributed by atoms with Crippen molar-refractivity contribution in [3.63, 3.8) is 0 Å². The van der Waals surface area contributed by atoms with Gasteiger partial charge in [-0.15, -0.1) is 0 Å². The summed E-state index contributed by atoms with van der Waals surface area (Å²) in [5.41, 5.74) is 1.86. The molecule has 0 unspecified atom stereocenters. The van der Waals surface area contributed by atoms with Crippen LogP contribution in [0.4, 0.5) is 5.69 Å². The summed E-state index contributed by atoms with van der Waals surface area (Å²) in [4.78, 5) is 16.7. The normalized spacial score (nSPS) is 15.8. The van der Waals surface area contributed by atoms with E-state index in [1.165, 1.54) is 12.8 Å². The molecule has 0 bridgehead atoms. The third kappa shape index (κ3) is 4.21. The largest absolute Gasteiger partial charge is 0.378 e. The fourth-order valence-electron chi connectivity index (χ4n) is 2.83. The topological polar surface area (TPSA) is 35.6 Å². The van der Waals surface area contributed by atoms with Gasteiger partial charge in [0.15, 0.2) is 0 Å². The van der Waals surface area contributed by atoms with E-state index in [1.807, 2.05) is 48.2 Å². The average Bonchev–Trinajstić information content (AvgIpc) is 2.53. The standard InChI is InChI=1S/C17H27N3O/c1-4-20(13-14-8-10-18-11-9-14)17(21)15-6-5-7-16(12-15)19(2)3/h5-7,12,14,18H,4,8-11,13H2,1-3H3. The Morgan fingerprint density at radius 2 is 2.00 bits per heavy atom. The second-order valence-corrected chi connectivity index (χ2v) is 5.98. The highest BCUT2D eigenvalue weighted by Gasteiger charge is 2.20. The van der Waals surface area contributed by atoms with Crippen LogP contribution in [0.2, 0.25) is 0 Å². The van der Waals surface area contributed by atoms with Crippen LogP contribution in [0.1, 0.15) is 30.1 Å². The number of hydrogen-bond donors (Lipinski definition) is 1. The van der Waals surface area contributed by atoms with E-state index in [9.17, 15) is 4.79 Å². The first-order chi connectivity index (χ1) is 10.1. The zero-order valence-electron chi connectivity index (χ0n) is 13.4. The number of amides is 1. The molecule has 0 radical (unpaired) electrons. The molecule has 2 rings (SSSR count). The number of hydrogen-bond acceptors (Lipinski definition) is 3. The minimum absolute atomic E-state index is 0.153. The number of rotatable bonds is 5. The van der Waals surface area contributed by atoms with E-state index in [0.29, 0.717) is 5.92 Å². The van der Waals surface area contributed by atoms with Crippen molar-refractivity contribution in [3.05, 3.63) is 29.8 Å². The summed E-state index contributed by atoms with van der Waals surface area (Å²) in [6.45, 7) is 5.87. The molecule has 0 aromatic heterocycles. The Kier molecular flexibility index (Phi) is 5.62.